The van der Waals surface area contributed by atoms with Crippen molar-refractivity contribution in [3.63, 3.8) is 0 Å². The molecule has 3 aromatic rings. The van der Waals surface area contributed by atoms with Crippen molar-refractivity contribution in [2.24, 2.45) is 0 Å². The number of anilines is 1. The van der Waals surface area contributed by atoms with Crippen molar-refractivity contribution in [2.75, 3.05) is 25.0 Å². The Balaban J connectivity index is 1.32. The van der Waals surface area contributed by atoms with Gasteiger partial charge in [-0.15, -0.1) is 0 Å². The first-order chi connectivity index (χ1) is 16.6. The van der Waals surface area contributed by atoms with Gasteiger partial charge in [-0.2, -0.15) is 0 Å². The molecule has 4 rings (SSSR count). The zero-order chi connectivity index (χ0) is 23.8. The van der Waals surface area contributed by atoms with E-state index in [4.69, 9.17) is 13.9 Å². The van der Waals surface area contributed by atoms with Gasteiger partial charge < -0.3 is 24.1 Å². The Morgan fingerprint density at radius 3 is 2.59 bits per heavy atom. The van der Waals surface area contributed by atoms with E-state index in [2.05, 4.69) is 12.2 Å². The predicted octanol–water partition coefficient (Wildman–Crippen LogP) is 5.98. The second-order valence-corrected chi connectivity index (χ2v) is 8.28. The molecule has 1 N–H and O–H groups in total. The Morgan fingerprint density at radius 1 is 1.03 bits per heavy atom. The number of para-hydroxylation sites is 1. The maximum atomic E-state index is 12.5. The minimum Gasteiger partial charge on any atom is -0.490 e. The van der Waals surface area contributed by atoms with Crippen LogP contribution in [0.15, 0.2) is 71.1 Å². The van der Waals surface area contributed by atoms with Crippen LogP contribution in [0.3, 0.4) is 0 Å². The fourth-order valence-corrected chi connectivity index (χ4v) is 3.80. The normalized spacial score (nSPS) is 14.0. The largest absolute Gasteiger partial charge is 0.490 e. The number of hydrogen-bond acceptors (Lipinski definition) is 5. The number of benzene rings is 2. The standard InChI is InChI=1S/C27H30N2O5/c1-2-3-18-32-27(31)29-16-14-22(15-17-29)33-23-11-7-8-20(19-23)24-12-13-25(34-24)26(30)28-21-9-5-4-6-10-21/h4-13,19,22H,2-3,14-18H2,1H3,(H,28,30). The van der Waals surface area contributed by atoms with E-state index in [1.807, 2.05) is 54.6 Å². The van der Waals surface area contributed by atoms with Gasteiger partial charge in [0.05, 0.1) is 6.61 Å². The average Bonchev–Trinajstić information content (AvgIpc) is 3.36. The predicted molar refractivity (Wildman–Crippen MR) is 130 cm³/mol. The average molecular weight is 463 g/mol. The van der Waals surface area contributed by atoms with Crippen LogP contribution in [-0.4, -0.2) is 42.7 Å². The van der Waals surface area contributed by atoms with Gasteiger partial charge in [-0.1, -0.05) is 43.7 Å². The number of nitrogens with zero attached hydrogens (tertiary/aromatic N) is 1. The van der Waals surface area contributed by atoms with Crippen LogP contribution in [0.1, 0.15) is 43.2 Å². The van der Waals surface area contributed by atoms with Crippen molar-refractivity contribution >= 4 is 17.7 Å². The molecule has 0 unspecified atom stereocenters. The Labute approximate surface area is 199 Å². The molecule has 2 heterocycles. The van der Waals surface area contributed by atoms with Crippen LogP contribution in [0.25, 0.3) is 11.3 Å². The highest BCUT2D eigenvalue weighted by molar-refractivity contribution is 6.02. The van der Waals surface area contributed by atoms with Gasteiger partial charge in [0.25, 0.3) is 5.91 Å². The van der Waals surface area contributed by atoms with E-state index < -0.39 is 0 Å². The number of furan rings is 1. The van der Waals surface area contributed by atoms with Crippen LogP contribution < -0.4 is 10.1 Å². The van der Waals surface area contributed by atoms with Gasteiger partial charge in [0.1, 0.15) is 17.6 Å². The van der Waals surface area contributed by atoms with E-state index in [1.54, 1.807) is 17.0 Å². The molecular weight excluding hydrogens is 432 g/mol. The van der Waals surface area contributed by atoms with Crippen LogP contribution >= 0.6 is 0 Å². The summed E-state index contributed by atoms with van der Waals surface area (Å²) in [7, 11) is 0. The van der Waals surface area contributed by atoms with Gasteiger partial charge in [-0.25, -0.2) is 4.79 Å². The molecule has 0 radical (unpaired) electrons. The summed E-state index contributed by atoms with van der Waals surface area (Å²) in [6.07, 6.45) is 3.17. The third-order valence-corrected chi connectivity index (χ3v) is 5.71. The monoisotopic (exact) mass is 462 g/mol. The quantitative estimate of drug-likeness (QED) is 0.417. The number of likely N-dealkylation sites (tertiary alicyclic amines) is 1. The van der Waals surface area contributed by atoms with Gasteiger partial charge in [0, 0.05) is 37.2 Å². The van der Waals surface area contributed by atoms with Crippen molar-refractivity contribution in [1.82, 2.24) is 4.90 Å². The molecular formula is C27H30N2O5. The molecule has 1 aliphatic rings. The number of nitrogens with one attached hydrogen (secondary N) is 1. The summed E-state index contributed by atoms with van der Waals surface area (Å²) in [5.74, 6) is 1.26. The van der Waals surface area contributed by atoms with Crippen LogP contribution in [0, 0.1) is 0 Å². The maximum absolute atomic E-state index is 12.5. The first-order valence-electron chi connectivity index (χ1n) is 11.8. The lowest BCUT2D eigenvalue weighted by molar-refractivity contribution is 0.0670. The highest BCUT2D eigenvalue weighted by atomic mass is 16.6. The highest BCUT2D eigenvalue weighted by Crippen LogP contribution is 2.28. The van der Waals surface area contributed by atoms with Gasteiger partial charge in [0.2, 0.25) is 0 Å². The molecule has 7 heteroatoms. The van der Waals surface area contributed by atoms with Gasteiger partial charge in [-0.05, 0) is 42.8 Å². The summed E-state index contributed by atoms with van der Waals surface area (Å²) in [4.78, 5) is 26.3. The van der Waals surface area contributed by atoms with E-state index in [0.29, 0.717) is 31.1 Å². The number of carbonyl (C=O) groups is 2. The minimum absolute atomic E-state index is 0.0266. The Morgan fingerprint density at radius 2 is 1.82 bits per heavy atom. The molecule has 1 aliphatic heterocycles. The summed E-state index contributed by atoms with van der Waals surface area (Å²) >= 11 is 0. The molecule has 34 heavy (non-hydrogen) atoms. The smallest absolute Gasteiger partial charge is 0.409 e. The van der Waals surface area contributed by atoms with Crippen molar-refractivity contribution in [1.29, 1.82) is 0 Å². The first-order valence-corrected chi connectivity index (χ1v) is 11.8. The van der Waals surface area contributed by atoms with Crippen LogP contribution in [0.4, 0.5) is 10.5 Å². The zero-order valence-electron chi connectivity index (χ0n) is 19.4. The van der Waals surface area contributed by atoms with E-state index in [9.17, 15) is 9.59 Å². The first kappa shape index (κ1) is 23.4. The zero-order valence-corrected chi connectivity index (χ0v) is 19.4. The molecule has 1 saturated heterocycles. The van der Waals surface area contributed by atoms with Crippen molar-refractivity contribution in [3.05, 3.63) is 72.5 Å². The second-order valence-electron chi connectivity index (χ2n) is 8.28. The number of hydrogen-bond donors (Lipinski definition) is 1. The van der Waals surface area contributed by atoms with Gasteiger partial charge in [0.15, 0.2) is 5.76 Å². The Hall–Kier alpha value is -3.74. The van der Waals surface area contributed by atoms with Crippen molar-refractivity contribution < 1.29 is 23.5 Å². The summed E-state index contributed by atoms with van der Waals surface area (Å²) in [6, 6.07) is 20.3. The van der Waals surface area contributed by atoms with Gasteiger partial charge >= 0.3 is 6.09 Å². The topological polar surface area (TPSA) is 81.0 Å². The second kappa shape index (κ2) is 11.4. The van der Waals surface area contributed by atoms with Crippen molar-refractivity contribution in [2.45, 2.75) is 38.7 Å². The molecule has 0 spiro atoms. The van der Waals surface area contributed by atoms with E-state index in [-0.39, 0.29) is 23.9 Å². The van der Waals surface area contributed by atoms with Crippen LogP contribution in [0.2, 0.25) is 0 Å². The summed E-state index contributed by atoms with van der Waals surface area (Å²) < 4.78 is 17.3. The SMILES string of the molecule is CCCCOC(=O)N1CCC(Oc2cccc(-c3ccc(C(=O)Nc4ccccc4)o3)c2)CC1. The number of ether oxygens (including phenoxy) is 2. The number of amides is 2. The van der Waals surface area contributed by atoms with Crippen LogP contribution in [-0.2, 0) is 4.74 Å². The minimum atomic E-state index is -0.301. The molecule has 0 aliphatic carbocycles. The third-order valence-electron chi connectivity index (χ3n) is 5.71. The molecule has 1 aromatic heterocycles. The van der Waals surface area contributed by atoms with E-state index in [1.165, 1.54) is 0 Å². The summed E-state index contributed by atoms with van der Waals surface area (Å²) in [5, 5.41) is 2.82. The van der Waals surface area contributed by atoms with E-state index >= 15 is 0 Å². The van der Waals surface area contributed by atoms with Gasteiger partial charge in [-0.3, -0.25) is 4.79 Å². The number of unbranched alkanes of at least 4 members (excludes halogenated alkanes) is 1. The number of carbonyl (C=O) groups excluding carboxylic acids is 2. The molecule has 178 valence electrons. The molecule has 2 aromatic carbocycles. The molecule has 0 saturated carbocycles. The fourth-order valence-electron chi connectivity index (χ4n) is 3.80. The lowest BCUT2D eigenvalue weighted by Crippen LogP contribution is -2.42. The van der Waals surface area contributed by atoms with Crippen LogP contribution in [0.5, 0.6) is 5.75 Å². The molecule has 2 amide bonds. The molecule has 0 bridgehead atoms. The summed E-state index contributed by atoms with van der Waals surface area (Å²) in [5.41, 5.74) is 1.54. The summed E-state index contributed by atoms with van der Waals surface area (Å²) in [6.45, 7) is 3.78. The Bertz CT molecular complexity index is 1090. The van der Waals surface area contributed by atoms with Crippen molar-refractivity contribution in [3.8, 4) is 17.1 Å². The Kier molecular flexibility index (Phi) is 7.86. The lowest BCUT2D eigenvalue weighted by atomic mass is 10.1. The van der Waals surface area contributed by atoms with E-state index in [0.717, 1.165) is 37.0 Å². The molecule has 7 nitrogen and oxygen atoms in total. The highest BCUT2D eigenvalue weighted by Gasteiger charge is 2.25. The fraction of sp³-hybridized carbons (Fsp3) is 0.333. The maximum Gasteiger partial charge on any atom is 0.409 e. The lowest BCUT2D eigenvalue weighted by Gasteiger charge is -2.31. The third kappa shape index (κ3) is 6.19. The number of piperidine rings is 1. The molecule has 0 atom stereocenters. The number of rotatable bonds is 8. The molecule has 1 fully saturated rings.